The van der Waals surface area contributed by atoms with Crippen molar-refractivity contribution in [3.8, 4) is 16.3 Å². The Morgan fingerprint density at radius 2 is 1.74 bits per heavy atom. The molecule has 2 N–H and O–H groups in total. The number of nitrogens with one attached hydrogen (secondary N) is 2. The van der Waals surface area contributed by atoms with Crippen LogP contribution in [0.2, 0.25) is 0 Å². The van der Waals surface area contributed by atoms with Gasteiger partial charge in [0.1, 0.15) is 16.8 Å². The molecule has 1 heterocycles. The lowest BCUT2D eigenvalue weighted by atomic mass is 10.2. The van der Waals surface area contributed by atoms with Gasteiger partial charge in [0.25, 0.3) is 5.91 Å². The molecular weight excluding hydrogens is 364 g/mol. The topological polar surface area (TPSA) is 93.2 Å². The molecule has 138 valence electrons. The molecule has 0 aliphatic carbocycles. The summed E-state index contributed by atoms with van der Waals surface area (Å²) in [4.78, 5) is 24.6. The molecule has 0 spiro atoms. The van der Waals surface area contributed by atoms with Crippen LogP contribution in [0.3, 0.4) is 0 Å². The fraction of sp³-hybridized carbons (Fsp3) is 0.158. The van der Waals surface area contributed by atoms with Gasteiger partial charge in [-0.2, -0.15) is 0 Å². The number of amides is 2. The van der Waals surface area contributed by atoms with E-state index in [-0.39, 0.29) is 11.8 Å². The van der Waals surface area contributed by atoms with Crippen LogP contribution >= 0.6 is 11.3 Å². The van der Waals surface area contributed by atoms with Gasteiger partial charge in [-0.3, -0.25) is 14.9 Å². The highest BCUT2D eigenvalue weighted by Crippen LogP contribution is 2.25. The number of hydrogen-bond donors (Lipinski definition) is 2. The molecule has 0 saturated heterocycles. The van der Waals surface area contributed by atoms with Gasteiger partial charge < -0.3 is 10.1 Å². The Morgan fingerprint density at radius 1 is 1.04 bits per heavy atom. The average molecular weight is 382 g/mol. The van der Waals surface area contributed by atoms with E-state index in [1.807, 2.05) is 30.3 Å². The van der Waals surface area contributed by atoms with Crippen molar-refractivity contribution < 1.29 is 14.3 Å². The monoisotopic (exact) mass is 382 g/mol. The van der Waals surface area contributed by atoms with E-state index in [1.54, 1.807) is 38.3 Å². The van der Waals surface area contributed by atoms with E-state index in [0.29, 0.717) is 21.5 Å². The Hall–Kier alpha value is -3.26. The summed E-state index contributed by atoms with van der Waals surface area (Å²) >= 11 is 1.27. The molecule has 0 saturated carbocycles. The molecule has 0 radical (unpaired) electrons. The van der Waals surface area contributed by atoms with E-state index in [4.69, 9.17) is 4.74 Å². The van der Waals surface area contributed by atoms with E-state index in [0.717, 1.165) is 5.56 Å². The lowest BCUT2D eigenvalue weighted by Crippen LogP contribution is -2.41. The van der Waals surface area contributed by atoms with Crippen molar-refractivity contribution in [2.45, 2.75) is 13.0 Å². The fourth-order valence-corrected chi connectivity index (χ4v) is 3.02. The molecule has 3 aromatic rings. The predicted molar refractivity (Wildman–Crippen MR) is 104 cm³/mol. The minimum atomic E-state index is -0.733. The van der Waals surface area contributed by atoms with E-state index >= 15 is 0 Å². The molecule has 3 rings (SSSR count). The summed E-state index contributed by atoms with van der Waals surface area (Å²) in [5, 5.41) is 14.5. The van der Waals surface area contributed by atoms with E-state index in [1.165, 1.54) is 11.3 Å². The number of carbonyl (C=O) groups is 2. The van der Waals surface area contributed by atoms with E-state index in [2.05, 4.69) is 20.8 Å². The van der Waals surface area contributed by atoms with Crippen LogP contribution in [0.5, 0.6) is 5.75 Å². The zero-order valence-electron chi connectivity index (χ0n) is 14.8. The zero-order chi connectivity index (χ0) is 19.2. The third kappa shape index (κ3) is 4.68. The van der Waals surface area contributed by atoms with Gasteiger partial charge >= 0.3 is 0 Å². The third-order valence-electron chi connectivity index (χ3n) is 3.77. The van der Waals surface area contributed by atoms with Crippen molar-refractivity contribution in [3.63, 3.8) is 0 Å². The fourth-order valence-electron chi connectivity index (χ4n) is 2.27. The Kier molecular flexibility index (Phi) is 5.77. The normalized spacial score (nSPS) is 11.5. The summed E-state index contributed by atoms with van der Waals surface area (Å²) in [5.74, 6) is -0.0574. The van der Waals surface area contributed by atoms with Gasteiger partial charge in [0.15, 0.2) is 0 Å². The van der Waals surface area contributed by atoms with Crippen molar-refractivity contribution in [2.24, 2.45) is 0 Å². The van der Waals surface area contributed by atoms with Crippen molar-refractivity contribution >= 4 is 28.3 Å². The minimum absolute atomic E-state index is 0.345. The highest BCUT2D eigenvalue weighted by Gasteiger charge is 2.18. The number of nitrogens with zero attached hydrogens (tertiary/aromatic N) is 2. The van der Waals surface area contributed by atoms with Gasteiger partial charge in [-0.25, -0.2) is 0 Å². The van der Waals surface area contributed by atoms with Crippen LogP contribution in [0.25, 0.3) is 10.6 Å². The smallest absolute Gasteiger partial charge is 0.251 e. The first kappa shape index (κ1) is 18.5. The maximum absolute atomic E-state index is 12.3. The second-order valence-electron chi connectivity index (χ2n) is 5.69. The zero-order valence-corrected chi connectivity index (χ0v) is 15.6. The average Bonchev–Trinajstić information content (AvgIpc) is 3.17. The molecule has 1 aromatic heterocycles. The molecule has 0 fully saturated rings. The molecule has 2 aromatic carbocycles. The van der Waals surface area contributed by atoms with E-state index in [9.17, 15) is 9.59 Å². The van der Waals surface area contributed by atoms with Crippen molar-refractivity contribution in [2.75, 3.05) is 12.4 Å². The summed E-state index contributed by atoms with van der Waals surface area (Å²) in [6, 6.07) is 15.5. The Balaban J connectivity index is 1.59. The predicted octanol–water partition coefficient (Wildman–Crippen LogP) is 2.97. The lowest BCUT2D eigenvalue weighted by Gasteiger charge is -2.13. The number of rotatable bonds is 6. The molecule has 1 atom stereocenters. The van der Waals surface area contributed by atoms with Gasteiger partial charge in [-0.1, -0.05) is 41.7 Å². The van der Waals surface area contributed by atoms with Crippen LogP contribution in [0.4, 0.5) is 5.13 Å². The highest BCUT2D eigenvalue weighted by atomic mass is 32.1. The van der Waals surface area contributed by atoms with Crippen LogP contribution in [0.15, 0.2) is 54.6 Å². The van der Waals surface area contributed by atoms with Crippen LogP contribution < -0.4 is 15.4 Å². The van der Waals surface area contributed by atoms with Crippen molar-refractivity contribution in [3.05, 3.63) is 60.2 Å². The second kappa shape index (κ2) is 8.41. The maximum atomic E-state index is 12.3. The summed E-state index contributed by atoms with van der Waals surface area (Å²) in [6.07, 6.45) is 0. The minimum Gasteiger partial charge on any atom is -0.497 e. The maximum Gasteiger partial charge on any atom is 0.251 e. The van der Waals surface area contributed by atoms with Gasteiger partial charge in [0.2, 0.25) is 11.0 Å². The third-order valence-corrected chi connectivity index (χ3v) is 4.66. The molecule has 2 amide bonds. The van der Waals surface area contributed by atoms with Crippen molar-refractivity contribution in [1.29, 1.82) is 0 Å². The number of carbonyl (C=O) groups excluding carboxylic acids is 2. The summed E-state index contributed by atoms with van der Waals surface area (Å²) in [6.45, 7) is 1.61. The number of ether oxygens (including phenoxy) is 1. The molecular formula is C19H18N4O3S. The lowest BCUT2D eigenvalue weighted by molar-refractivity contribution is -0.117. The largest absolute Gasteiger partial charge is 0.497 e. The van der Waals surface area contributed by atoms with E-state index < -0.39 is 6.04 Å². The molecule has 0 bridgehead atoms. The number of anilines is 1. The molecule has 0 aliphatic rings. The molecule has 27 heavy (non-hydrogen) atoms. The van der Waals surface area contributed by atoms with Crippen LogP contribution in [0.1, 0.15) is 17.3 Å². The summed E-state index contributed by atoms with van der Waals surface area (Å²) in [5.41, 5.74) is 1.37. The first-order valence-electron chi connectivity index (χ1n) is 8.21. The molecule has 8 heteroatoms. The van der Waals surface area contributed by atoms with Crippen LogP contribution in [0, 0.1) is 0 Å². The summed E-state index contributed by atoms with van der Waals surface area (Å²) in [7, 11) is 1.55. The molecule has 1 unspecified atom stereocenters. The van der Waals surface area contributed by atoms with Crippen molar-refractivity contribution in [1.82, 2.24) is 15.5 Å². The standard InChI is InChI=1S/C19H18N4O3S/c1-12(20-17(25)13-8-10-15(26-2)11-9-13)16(24)21-19-23-22-18(27-19)14-6-4-3-5-7-14/h3-12H,1-2H3,(H,20,25)(H,21,23,24). The number of benzene rings is 2. The number of methoxy groups -OCH3 is 1. The summed E-state index contributed by atoms with van der Waals surface area (Å²) < 4.78 is 5.06. The van der Waals surface area contributed by atoms with Gasteiger partial charge in [0.05, 0.1) is 7.11 Å². The first-order chi connectivity index (χ1) is 13.1. The van der Waals surface area contributed by atoms with Gasteiger partial charge in [-0.15, -0.1) is 10.2 Å². The second-order valence-corrected chi connectivity index (χ2v) is 6.67. The van der Waals surface area contributed by atoms with Crippen LogP contribution in [-0.4, -0.2) is 35.2 Å². The van der Waals surface area contributed by atoms with Crippen LogP contribution in [-0.2, 0) is 4.79 Å². The SMILES string of the molecule is COc1ccc(C(=O)NC(C)C(=O)Nc2nnc(-c3ccccc3)s2)cc1. The molecule has 7 nitrogen and oxygen atoms in total. The Bertz CT molecular complexity index is 926. The number of aromatic nitrogens is 2. The molecule has 0 aliphatic heterocycles. The number of hydrogen-bond acceptors (Lipinski definition) is 6. The first-order valence-corrected chi connectivity index (χ1v) is 9.03. The highest BCUT2D eigenvalue weighted by molar-refractivity contribution is 7.18. The van der Waals surface area contributed by atoms with Gasteiger partial charge in [-0.05, 0) is 31.2 Å². The quantitative estimate of drug-likeness (QED) is 0.684. The van der Waals surface area contributed by atoms with Gasteiger partial charge in [0, 0.05) is 11.1 Å². The Labute approximate surface area is 160 Å². The Morgan fingerprint density at radius 3 is 2.41 bits per heavy atom.